The molecule has 0 aliphatic heterocycles. The van der Waals surface area contributed by atoms with Crippen LogP contribution in [-0.4, -0.2) is 28.6 Å². The number of hydrogen-bond acceptors (Lipinski definition) is 3. The van der Waals surface area contributed by atoms with E-state index in [1.165, 1.54) is 18.3 Å². The monoisotopic (exact) mass is 251 g/mol. The Hall–Kier alpha value is -2.11. The Morgan fingerprint density at radius 1 is 1.44 bits per heavy atom. The normalized spacial score (nSPS) is 11.7. The third-order valence-corrected chi connectivity index (χ3v) is 2.55. The molecule has 1 aromatic heterocycles. The summed E-state index contributed by atoms with van der Waals surface area (Å²) in [6.07, 6.45) is 2.31. The van der Waals surface area contributed by atoms with E-state index in [1.807, 2.05) is 6.92 Å². The van der Waals surface area contributed by atoms with Crippen LogP contribution in [0.5, 0.6) is 0 Å². The third kappa shape index (κ3) is 4.40. The summed E-state index contributed by atoms with van der Waals surface area (Å²) in [4.78, 5) is 25.8. The Labute approximate surface area is 105 Å². The van der Waals surface area contributed by atoms with Crippen LogP contribution in [-0.2, 0) is 0 Å². The van der Waals surface area contributed by atoms with Crippen molar-refractivity contribution in [2.75, 3.05) is 11.9 Å². The molecule has 2 amide bonds. The van der Waals surface area contributed by atoms with E-state index >= 15 is 0 Å². The summed E-state index contributed by atoms with van der Waals surface area (Å²) >= 11 is 0. The predicted octanol–water partition coefficient (Wildman–Crippen LogP) is 1.95. The van der Waals surface area contributed by atoms with E-state index in [1.54, 1.807) is 0 Å². The number of amides is 2. The van der Waals surface area contributed by atoms with Crippen LogP contribution in [0.25, 0.3) is 0 Å². The molecule has 98 valence electrons. The lowest BCUT2D eigenvalue weighted by Gasteiger charge is -2.11. The van der Waals surface area contributed by atoms with Gasteiger partial charge in [0, 0.05) is 6.54 Å². The number of hydrogen-bond donors (Lipinski definition) is 3. The molecule has 1 unspecified atom stereocenters. The second kappa shape index (κ2) is 6.58. The van der Waals surface area contributed by atoms with Crippen LogP contribution in [0.15, 0.2) is 18.3 Å². The highest BCUT2D eigenvalue weighted by atomic mass is 16.4. The molecule has 6 nitrogen and oxygen atoms in total. The molecule has 1 atom stereocenters. The number of anilines is 1. The quantitative estimate of drug-likeness (QED) is 0.745. The molecule has 1 rings (SSSR count). The zero-order chi connectivity index (χ0) is 13.5. The van der Waals surface area contributed by atoms with Crippen LogP contribution in [0.2, 0.25) is 0 Å². The molecule has 0 spiro atoms. The smallest absolute Gasteiger partial charge is 0.354 e. The SMILES string of the molecule is CCC(C)CNC(=O)Nc1ccc(C(=O)O)nc1. The van der Waals surface area contributed by atoms with E-state index in [-0.39, 0.29) is 11.7 Å². The average molecular weight is 251 g/mol. The van der Waals surface area contributed by atoms with Gasteiger partial charge in [0.2, 0.25) is 0 Å². The lowest BCUT2D eigenvalue weighted by Crippen LogP contribution is -2.32. The van der Waals surface area contributed by atoms with Gasteiger partial charge in [-0.2, -0.15) is 0 Å². The van der Waals surface area contributed by atoms with E-state index in [0.717, 1.165) is 6.42 Å². The summed E-state index contributed by atoms with van der Waals surface area (Å²) in [5, 5.41) is 14.0. The van der Waals surface area contributed by atoms with E-state index in [0.29, 0.717) is 18.2 Å². The largest absolute Gasteiger partial charge is 0.477 e. The van der Waals surface area contributed by atoms with Crippen LogP contribution >= 0.6 is 0 Å². The van der Waals surface area contributed by atoms with Crippen LogP contribution in [0.1, 0.15) is 30.8 Å². The molecule has 6 heteroatoms. The highest BCUT2D eigenvalue weighted by molar-refractivity contribution is 5.90. The van der Waals surface area contributed by atoms with Crippen molar-refractivity contribution < 1.29 is 14.7 Å². The number of carbonyl (C=O) groups excluding carboxylic acids is 1. The van der Waals surface area contributed by atoms with Gasteiger partial charge in [-0.25, -0.2) is 14.6 Å². The minimum Gasteiger partial charge on any atom is -0.477 e. The first-order valence-corrected chi connectivity index (χ1v) is 5.77. The Morgan fingerprint density at radius 2 is 2.17 bits per heavy atom. The molecule has 0 aliphatic carbocycles. The van der Waals surface area contributed by atoms with Gasteiger partial charge in [-0.15, -0.1) is 0 Å². The van der Waals surface area contributed by atoms with Crippen molar-refractivity contribution in [3.63, 3.8) is 0 Å². The fourth-order valence-electron chi connectivity index (χ4n) is 1.18. The lowest BCUT2D eigenvalue weighted by molar-refractivity contribution is 0.0690. The summed E-state index contributed by atoms with van der Waals surface area (Å²) in [6.45, 7) is 4.70. The first-order chi connectivity index (χ1) is 8.52. The summed E-state index contributed by atoms with van der Waals surface area (Å²) in [6, 6.07) is 2.52. The van der Waals surface area contributed by atoms with Crippen molar-refractivity contribution in [2.45, 2.75) is 20.3 Å². The Bertz CT molecular complexity index is 417. The zero-order valence-electron chi connectivity index (χ0n) is 10.4. The minimum absolute atomic E-state index is 0.0550. The lowest BCUT2D eigenvalue weighted by atomic mass is 10.1. The fraction of sp³-hybridized carbons (Fsp3) is 0.417. The third-order valence-electron chi connectivity index (χ3n) is 2.55. The van der Waals surface area contributed by atoms with Gasteiger partial charge in [0.1, 0.15) is 5.69 Å². The highest BCUT2D eigenvalue weighted by Crippen LogP contribution is 2.06. The first kappa shape index (κ1) is 14.0. The van der Waals surface area contributed by atoms with Gasteiger partial charge in [0.15, 0.2) is 0 Å². The Morgan fingerprint density at radius 3 is 2.67 bits per heavy atom. The molecule has 1 aromatic rings. The minimum atomic E-state index is -1.09. The maximum Gasteiger partial charge on any atom is 0.354 e. The molecule has 0 fully saturated rings. The van der Waals surface area contributed by atoms with Crippen molar-refractivity contribution in [3.05, 3.63) is 24.0 Å². The second-order valence-electron chi connectivity index (χ2n) is 4.09. The number of aromatic nitrogens is 1. The van der Waals surface area contributed by atoms with Gasteiger partial charge in [0.25, 0.3) is 0 Å². The summed E-state index contributed by atoms with van der Waals surface area (Å²) in [5.74, 6) is -0.675. The Kier molecular flexibility index (Phi) is 5.10. The van der Waals surface area contributed by atoms with Gasteiger partial charge < -0.3 is 15.7 Å². The molecule has 1 heterocycles. The van der Waals surface area contributed by atoms with Crippen LogP contribution < -0.4 is 10.6 Å². The number of carboxylic acid groups (broad SMARTS) is 1. The van der Waals surface area contributed by atoms with Crippen molar-refractivity contribution in [1.29, 1.82) is 0 Å². The summed E-state index contributed by atoms with van der Waals surface area (Å²) in [7, 11) is 0. The van der Waals surface area contributed by atoms with Gasteiger partial charge in [-0.3, -0.25) is 0 Å². The average Bonchev–Trinajstić information content (AvgIpc) is 2.36. The van der Waals surface area contributed by atoms with E-state index in [2.05, 4.69) is 22.5 Å². The maximum absolute atomic E-state index is 11.5. The molecule has 0 radical (unpaired) electrons. The number of carbonyl (C=O) groups is 2. The summed E-state index contributed by atoms with van der Waals surface area (Å²) < 4.78 is 0. The van der Waals surface area contributed by atoms with Crippen molar-refractivity contribution >= 4 is 17.7 Å². The van der Waals surface area contributed by atoms with E-state index in [4.69, 9.17) is 5.11 Å². The Balaban J connectivity index is 2.47. The van der Waals surface area contributed by atoms with Crippen molar-refractivity contribution in [3.8, 4) is 0 Å². The number of nitrogens with zero attached hydrogens (tertiary/aromatic N) is 1. The van der Waals surface area contributed by atoms with Crippen molar-refractivity contribution in [2.24, 2.45) is 5.92 Å². The molecular weight excluding hydrogens is 234 g/mol. The number of pyridine rings is 1. The van der Waals surface area contributed by atoms with Gasteiger partial charge in [-0.05, 0) is 18.1 Å². The standard InChI is InChI=1S/C12H17N3O3/c1-3-8(2)6-14-12(18)15-9-4-5-10(11(16)17)13-7-9/h4-5,7-8H,3,6H2,1-2H3,(H,16,17)(H2,14,15,18). The molecule has 0 aromatic carbocycles. The highest BCUT2D eigenvalue weighted by Gasteiger charge is 2.06. The van der Waals surface area contributed by atoms with Crippen LogP contribution in [0.3, 0.4) is 0 Å². The van der Waals surface area contributed by atoms with Gasteiger partial charge in [0.05, 0.1) is 11.9 Å². The number of aromatic carboxylic acids is 1. The molecule has 3 N–H and O–H groups in total. The molecule has 0 saturated carbocycles. The maximum atomic E-state index is 11.5. The second-order valence-corrected chi connectivity index (χ2v) is 4.09. The number of carboxylic acids is 1. The molecule has 0 saturated heterocycles. The summed E-state index contributed by atoms with van der Waals surface area (Å²) in [5.41, 5.74) is 0.405. The van der Waals surface area contributed by atoms with Crippen molar-refractivity contribution in [1.82, 2.24) is 10.3 Å². The number of nitrogens with one attached hydrogen (secondary N) is 2. The number of rotatable bonds is 5. The topological polar surface area (TPSA) is 91.3 Å². The van der Waals surface area contributed by atoms with Gasteiger partial charge in [-0.1, -0.05) is 20.3 Å². The molecule has 0 bridgehead atoms. The molecular formula is C12H17N3O3. The first-order valence-electron chi connectivity index (χ1n) is 5.77. The van der Waals surface area contributed by atoms with E-state index < -0.39 is 5.97 Å². The van der Waals surface area contributed by atoms with Crippen LogP contribution in [0, 0.1) is 5.92 Å². The number of urea groups is 1. The molecule has 0 aliphatic rings. The van der Waals surface area contributed by atoms with Crippen LogP contribution in [0.4, 0.5) is 10.5 Å². The van der Waals surface area contributed by atoms with E-state index in [9.17, 15) is 9.59 Å². The predicted molar refractivity (Wildman–Crippen MR) is 67.7 cm³/mol. The van der Waals surface area contributed by atoms with Gasteiger partial charge >= 0.3 is 12.0 Å². The fourth-order valence-corrected chi connectivity index (χ4v) is 1.18. The molecule has 18 heavy (non-hydrogen) atoms. The zero-order valence-corrected chi connectivity index (χ0v) is 10.4.